The molecule has 3 rings (SSSR count). The minimum atomic E-state index is -0.307. The Balaban J connectivity index is 0.000000521. The number of rotatable bonds is 2. The largest absolute Gasteiger partial charge is 0.373 e. The van der Waals surface area contributed by atoms with Crippen molar-refractivity contribution in [2.24, 2.45) is 0 Å². The summed E-state index contributed by atoms with van der Waals surface area (Å²) in [5, 5.41) is 1.65. The van der Waals surface area contributed by atoms with Gasteiger partial charge in [0.1, 0.15) is 5.82 Å². The van der Waals surface area contributed by atoms with E-state index in [4.69, 9.17) is 21.2 Å². The molecule has 0 aliphatic rings. The Bertz CT molecular complexity index is 823. The molecule has 0 radical (unpaired) electrons. The second kappa shape index (κ2) is 9.66. The fourth-order valence-corrected chi connectivity index (χ4v) is 2.76. The molecule has 0 aliphatic heterocycles. The summed E-state index contributed by atoms with van der Waals surface area (Å²) in [4.78, 5) is 16.2. The van der Waals surface area contributed by atoms with Gasteiger partial charge in [-0.2, -0.15) is 9.59 Å². The van der Waals surface area contributed by atoms with Crippen molar-refractivity contribution in [3.8, 4) is 0 Å². The number of benzene rings is 2. The highest BCUT2D eigenvalue weighted by Gasteiger charge is 2.13. The van der Waals surface area contributed by atoms with E-state index in [1.54, 1.807) is 6.07 Å². The van der Waals surface area contributed by atoms with Crippen molar-refractivity contribution >= 4 is 28.7 Å². The normalized spacial score (nSPS) is 10.7. The van der Waals surface area contributed by atoms with Gasteiger partial charge in [0.2, 0.25) is 0 Å². The molecule has 0 aliphatic carbocycles. The van der Waals surface area contributed by atoms with E-state index in [2.05, 4.69) is 29.7 Å². The maximum absolute atomic E-state index is 13.1. The molecule has 2 aromatic carbocycles. The van der Waals surface area contributed by atoms with Crippen molar-refractivity contribution in [2.45, 2.75) is 26.8 Å². The minimum absolute atomic E-state index is 0.0630. The van der Waals surface area contributed by atoms with Crippen molar-refractivity contribution in [1.29, 1.82) is 0 Å². The van der Waals surface area contributed by atoms with Gasteiger partial charge >= 0.3 is 6.15 Å². The minimum Gasteiger partial charge on any atom is -0.340 e. The maximum atomic E-state index is 13.1. The molecule has 0 saturated heterocycles. The molecule has 3 nitrogen and oxygen atoms in total. The third-order valence-electron chi connectivity index (χ3n) is 3.46. The molecule has 24 heavy (non-hydrogen) atoms. The molecular weight excluding hydrogens is 329 g/mol. The topological polar surface area (TPSA) is 39.1 Å². The SMILES string of the molecule is CC.CC(c1ccc(F)cc1Cl)n1ccc2ccccc21.O=C=O. The summed E-state index contributed by atoms with van der Waals surface area (Å²) < 4.78 is 15.3. The maximum Gasteiger partial charge on any atom is 0.373 e. The molecule has 0 bridgehead atoms. The van der Waals surface area contributed by atoms with E-state index >= 15 is 0 Å². The van der Waals surface area contributed by atoms with Gasteiger partial charge in [-0.15, -0.1) is 0 Å². The van der Waals surface area contributed by atoms with Crippen LogP contribution in [0.5, 0.6) is 0 Å². The molecule has 1 heterocycles. The standard InChI is InChI=1S/C16H13ClFN.C2H6.CO2/c1-11(14-7-6-13(18)10-15(14)17)19-9-8-12-4-2-3-5-16(12)19;1-2;2-1-3/h2-11H,1H3;1-2H3;. The third-order valence-corrected chi connectivity index (χ3v) is 3.79. The van der Waals surface area contributed by atoms with Crippen LogP contribution in [-0.4, -0.2) is 10.7 Å². The van der Waals surface area contributed by atoms with Crippen LogP contribution >= 0.6 is 11.6 Å². The van der Waals surface area contributed by atoms with Gasteiger partial charge in [0.05, 0.1) is 6.04 Å². The van der Waals surface area contributed by atoms with Crippen LogP contribution in [0.25, 0.3) is 10.9 Å². The van der Waals surface area contributed by atoms with Crippen LogP contribution in [0.15, 0.2) is 54.7 Å². The van der Waals surface area contributed by atoms with E-state index in [0.717, 1.165) is 11.1 Å². The van der Waals surface area contributed by atoms with Gasteiger partial charge in [0, 0.05) is 16.7 Å². The van der Waals surface area contributed by atoms with Crippen LogP contribution in [0.2, 0.25) is 5.02 Å². The Morgan fingerprint density at radius 1 is 1.08 bits per heavy atom. The highest BCUT2D eigenvalue weighted by atomic mass is 35.5. The number of para-hydroxylation sites is 1. The van der Waals surface area contributed by atoms with Crippen molar-refractivity contribution < 1.29 is 14.0 Å². The summed E-state index contributed by atoms with van der Waals surface area (Å²) in [7, 11) is 0. The molecule has 126 valence electrons. The first-order chi connectivity index (χ1) is 11.6. The molecule has 1 atom stereocenters. The van der Waals surface area contributed by atoms with Crippen LogP contribution in [0, 0.1) is 5.82 Å². The van der Waals surface area contributed by atoms with E-state index in [1.165, 1.54) is 17.5 Å². The van der Waals surface area contributed by atoms with E-state index in [1.807, 2.05) is 32.2 Å². The van der Waals surface area contributed by atoms with Crippen LogP contribution in [0.4, 0.5) is 4.39 Å². The van der Waals surface area contributed by atoms with Crippen molar-refractivity contribution in [3.63, 3.8) is 0 Å². The Kier molecular flexibility index (Phi) is 7.90. The highest BCUT2D eigenvalue weighted by Crippen LogP contribution is 2.29. The smallest absolute Gasteiger partial charge is 0.340 e. The van der Waals surface area contributed by atoms with Crippen LogP contribution < -0.4 is 0 Å². The average Bonchev–Trinajstić information content (AvgIpc) is 3.01. The molecule has 5 heteroatoms. The number of aromatic nitrogens is 1. The summed E-state index contributed by atoms with van der Waals surface area (Å²) in [5.74, 6) is -0.307. The molecule has 0 amide bonds. The van der Waals surface area contributed by atoms with Crippen molar-refractivity contribution in [3.05, 3.63) is 71.1 Å². The molecule has 0 N–H and O–H groups in total. The van der Waals surface area contributed by atoms with E-state index < -0.39 is 0 Å². The van der Waals surface area contributed by atoms with Crippen molar-refractivity contribution in [2.75, 3.05) is 0 Å². The lowest BCUT2D eigenvalue weighted by Gasteiger charge is -2.17. The Labute approximate surface area is 145 Å². The van der Waals surface area contributed by atoms with Gasteiger partial charge in [-0.05, 0) is 42.1 Å². The average molecular weight is 348 g/mol. The third kappa shape index (κ3) is 4.54. The number of halogens is 2. The van der Waals surface area contributed by atoms with Gasteiger partial charge in [-0.3, -0.25) is 0 Å². The second-order valence-electron chi connectivity index (χ2n) is 4.71. The lowest BCUT2D eigenvalue weighted by molar-refractivity contribution is -0.191. The summed E-state index contributed by atoms with van der Waals surface area (Å²) in [6.45, 7) is 6.06. The lowest BCUT2D eigenvalue weighted by Crippen LogP contribution is -2.06. The molecule has 0 spiro atoms. The lowest BCUT2D eigenvalue weighted by atomic mass is 10.1. The quantitative estimate of drug-likeness (QED) is 0.615. The van der Waals surface area contributed by atoms with Gasteiger partial charge in [-0.25, -0.2) is 4.39 Å². The van der Waals surface area contributed by atoms with Crippen LogP contribution in [0.3, 0.4) is 0 Å². The number of hydrogen-bond donors (Lipinski definition) is 0. The predicted molar refractivity (Wildman–Crippen MR) is 93.5 cm³/mol. The zero-order valence-electron chi connectivity index (χ0n) is 13.8. The summed E-state index contributed by atoms with van der Waals surface area (Å²) in [6.07, 6.45) is 2.29. The number of hydrogen-bond acceptors (Lipinski definition) is 2. The number of fused-ring (bicyclic) bond motifs is 1. The van der Waals surface area contributed by atoms with Crippen LogP contribution in [-0.2, 0) is 9.59 Å². The molecule has 0 fully saturated rings. The zero-order chi connectivity index (χ0) is 18.1. The fourth-order valence-electron chi connectivity index (χ4n) is 2.43. The first kappa shape index (κ1) is 19.6. The first-order valence-corrected chi connectivity index (χ1v) is 7.96. The predicted octanol–water partition coefficient (Wildman–Crippen LogP) is 5.49. The van der Waals surface area contributed by atoms with Crippen LogP contribution in [0.1, 0.15) is 32.4 Å². The molecule has 0 saturated carbocycles. The second-order valence-corrected chi connectivity index (χ2v) is 5.11. The van der Waals surface area contributed by atoms with Gasteiger partial charge in [-0.1, -0.05) is 49.7 Å². The van der Waals surface area contributed by atoms with Gasteiger partial charge in [0.15, 0.2) is 0 Å². The Morgan fingerprint density at radius 3 is 2.33 bits per heavy atom. The van der Waals surface area contributed by atoms with Gasteiger partial charge < -0.3 is 4.57 Å². The Morgan fingerprint density at radius 2 is 1.71 bits per heavy atom. The van der Waals surface area contributed by atoms with E-state index in [9.17, 15) is 4.39 Å². The zero-order valence-corrected chi connectivity index (χ0v) is 14.5. The number of nitrogens with zero attached hydrogens (tertiary/aromatic N) is 1. The molecule has 1 aromatic heterocycles. The van der Waals surface area contributed by atoms with E-state index in [-0.39, 0.29) is 18.0 Å². The summed E-state index contributed by atoms with van der Waals surface area (Å²) in [5.41, 5.74) is 2.07. The summed E-state index contributed by atoms with van der Waals surface area (Å²) >= 11 is 6.14. The van der Waals surface area contributed by atoms with Gasteiger partial charge in [0.25, 0.3) is 0 Å². The number of carbonyl (C=O) groups excluding carboxylic acids is 2. The monoisotopic (exact) mass is 347 g/mol. The first-order valence-electron chi connectivity index (χ1n) is 7.58. The van der Waals surface area contributed by atoms with E-state index in [0.29, 0.717) is 5.02 Å². The molecule has 3 aromatic rings. The Hall–Kier alpha value is -2.42. The molecule has 1 unspecified atom stereocenters. The summed E-state index contributed by atoms with van der Waals surface area (Å²) in [6, 6.07) is 14.9. The molecular formula is C19H19ClFNO2. The van der Waals surface area contributed by atoms with Crippen molar-refractivity contribution in [1.82, 2.24) is 4.57 Å². The fraction of sp³-hybridized carbons (Fsp3) is 0.211. The highest BCUT2D eigenvalue weighted by molar-refractivity contribution is 6.31.